The highest BCUT2D eigenvalue weighted by atomic mass is 16.2. The number of amides is 1. The molecule has 1 saturated heterocycles. The Bertz CT molecular complexity index is 216. The first-order valence-corrected chi connectivity index (χ1v) is 6.63. The molecule has 0 aromatic carbocycles. The summed E-state index contributed by atoms with van der Waals surface area (Å²) in [6.45, 7) is 7.40. The Morgan fingerprint density at radius 2 is 2.19 bits per heavy atom. The first kappa shape index (κ1) is 13.5. The van der Waals surface area contributed by atoms with Crippen LogP contribution in [0.2, 0.25) is 0 Å². The van der Waals surface area contributed by atoms with Crippen LogP contribution in [0.5, 0.6) is 0 Å². The number of nitrogens with one attached hydrogen (secondary N) is 2. The minimum atomic E-state index is 0.0443. The molecule has 0 radical (unpaired) electrons. The van der Waals surface area contributed by atoms with Crippen LogP contribution in [0.1, 0.15) is 52.9 Å². The van der Waals surface area contributed by atoms with Gasteiger partial charge in [-0.1, -0.05) is 13.8 Å². The van der Waals surface area contributed by atoms with E-state index in [0.29, 0.717) is 6.04 Å². The van der Waals surface area contributed by atoms with Crippen molar-refractivity contribution in [3.05, 3.63) is 0 Å². The fraction of sp³-hybridized carbons (Fsp3) is 0.923. The molecule has 3 heteroatoms. The molecule has 2 N–H and O–H groups in total. The van der Waals surface area contributed by atoms with Crippen molar-refractivity contribution in [3.63, 3.8) is 0 Å². The molecular weight excluding hydrogens is 200 g/mol. The van der Waals surface area contributed by atoms with Gasteiger partial charge in [0, 0.05) is 12.6 Å². The van der Waals surface area contributed by atoms with Crippen molar-refractivity contribution in [2.24, 2.45) is 5.92 Å². The van der Waals surface area contributed by atoms with Crippen LogP contribution in [0, 0.1) is 5.92 Å². The lowest BCUT2D eigenvalue weighted by atomic mass is 9.99. The molecular formula is C13H26N2O. The maximum atomic E-state index is 11.8. The van der Waals surface area contributed by atoms with Crippen LogP contribution in [0.4, 0.5) is 0 Å². The van der Waals surface area contributed by atoms with E-state index in [2.05, 4.69) is 31.4 Å². The van der Waals surface area contributed by atoms with E-state index in [1.807, 2.05) is 0 Å². The third-order valence-corrected chi connectivity index (χ3v) is 3.19. The Kier molecular flexibility index (Phi) is 5.81. The Hall–Kier alpha value is -0.570. The summed E-state index contributed by atoms with van der Waals surface area (Å²) in [7, 11) is 0. The molecule has 94 valence electrons. The summed E-state index contributed by atoms with van der Waals surface area (Å²) in [6.07, 6.45) is 5.62. The van der Waals surface area contributed by atoms with Crippen molar-refractivity contribution in [2.45, 2.75) is 65.0 Å². The molecule has 0 aromatic heterocycles. The largest absolute Gasteiger partial charge is 0.355 e. The van der Waals surface area contributed by atoms with Crippen molar-refractivity contribution in [2.75, 3.05) is 6.54 Å². The van der Waals surface area contributed by atoms with Crippen LogP contribution >= 0.6 is 0 Å². The van der Waals surface area contributed by atoms with E-state index < -0.39 is 0 Å². The summed E-state index contributed by atoms with van der Waals surface area (Å²) in [5, 5.41) is 6.38. The van der Waals surface area contributed by atoms with Gasteiger partial charge in [-0.15, -0.1) is 0 Å². The lowest BCUT2D eigenvalue weighted by Crippen LogP contribution is -2.50. The van der Waals surface area contributed by atoms with E-state index in [9.17, 15) is 4.79 Å². The van der Waals surface area contributed by atoms with Gasteiger partial charge < -0.3 is 10.6 Å². The maximum Gasteiger partial charge on any atom is 0.237 e. The standard InChI is InChI=1S/C13H26N2O/c1-10(2)6-5-9-14-13(16)12-8-4-7-11(3)15-12/h10-12,15H,4-9H2,1-3H3,(H,14,16). The average Bonchev–Trinajstić information content (AvgIpc) is 2.24. The molecule has 0 aliphatic carbocycles. The van der Waals surface area contributed by atoms with Gasteiger partial charge in [0.05, 0.1) is 6.04 Å². The zero-order valence-electron chi connectivity index (χ0n) is 10.9. The smallest absolute Gasteiger partial charge is 0.237 e. The molecule has 1 fully saturated rings. The van der Waals surface area contributed by atoms with Gasteiger partial charge in [-0.3, -0.25) is 4.79 Å². The van der Waals surface area contributed by atoms with Crippen LogP contribution in [0.25, 0.3) is 0 Å². The van der Waals surface area contributed by atoms with Crippen LogP contribution < -0.4 is 10.6 Å². The molecule has 2 unspecified atom stereocenters. The molecule has 3 nitrogen and oxygen atoms in total. The lowest BCUT2D eigenvalue weighted by Gasteiger charge is -2.27. The number of carbonyl (C=O) groups excluding carboxylic acids is 1. The van der Waals surface area contributed by atoms with Gasteiger partial charge in [-0.25, -0.2) is 0 Å². The molecule has 1 aliphatic heterocycles. The fourth-order valence-corrected chi connectivity index (χ4v) is 2.19. The molecule has 1 amide bonds. The number of rotatable bonds is 5. The summed E-state index contributed by atoms with van der Waals surface area (Å²) >= 11 is 0. The maximum absolute atomic E-state index is 11.8. The van der Waals surface area contributed by atoms with Crippen LogP contribution in [-0.4, -0.2) is 24.5 Å². The molecule has 1 heterocycles. The molecule has 0 spiro atoms. The number of hydrogen-bond donors (Lipinski definition) is 2. The van der Waals surface area contributed by atoms with Gasteiger partial charge in [0.1, 0.15) is 0 Å². The second-order valence-electron chi connectivity index (χ2n) is 5.38. The van der Waals surface area contributed by atoms with E-state index in [-0.39, 0.29) is 11.9 Å². The minimum absolute atomic E-state index is 0.0443. The zero-order chi connectivity index (χ0) is 12.0. The highest BCUT2D eigenvalue weighted by molar-refractivity contribution is 5.81. The first-order chi connectivity index (χ1) is 7.59. The van der Waals surface area contributed by atoms with Gasteiger partial charge in [-0.2, -0.15) is 0 Å². The number of carbonyl (C=O) groups is 1. The first-order valence-electron chi connectivity index (χ1n) is 6.63. The van der Waals surface area contributed by atoms with E-state index in [0.717, 1.165) is 31.7 Å². The van der Waals surface area contributed by atoms with Crippen molar-refractivity contribution < 1.29 is 4.79 Å². The van der Waals surface area contributed by atoms with Crippen LogP contribution in [0.15, 0.2) is 0 Å². The third-order valence-electron chi connectivity index (χ3n) is 3.19. The Balaban J connectivity index is 2.14. The molecule has 0 bridgehead atoms. The quantitative estimate of drug-likeness (QED) is 0.705. The molecule has 1 aliphatic rings. The van der Waals surface area contributed by atoms with Gasteiger partial charge in [-0.05, 0) is 44.9 Å². The van der Waals surface area contributed by atoms with E-state index in [1.165, 1.54) is 12.8 Å². The van der Waals surface area contributed by atoms with Gasteiger partial charge in [0.25, 0.3) is 0 Å². The zero-order valence-corrected chi connectivity index (χ0v) is 10.9. The van der Waals surface area contributed by atoms with Crippen LogP contribution in [0.3, 0.4) is 0 Å². The highest BCUT2D eigenvalue weighted by Gasteiger charge is 2.23. The Morgan fingerprint density at radius 3 is 2.81 bits per heavy atom. The second kappa shape index (κ2) is 6.89. The van der Waals surface area contributed by atoms with Gasteiger partial charge in [0.2, 0.25) is 5.91 Å². The minimum Gasteiger partial charge on any atom is -0.355 e. The van der Waals surface area contributed by atoms with Crippen molar-refractivity contribution >= 4 is 5.91 Å². The number of hydrogen-bond acceptors (Lipinski definition) is 2. The molecule has 0 aromatic rings. The summed E-state index contributed by atoms with van der Waals surface area (Å²) in [4.78, 5) is 11.8. The van der Waals surface area contributed by atoms with Gasteiger partial charge >= 0.3 is 0 Å². The Morgan fingerprint density at radius 1 is 1.44 bits per heavy atom. The van der Waals surface area contributed by atoms with Crippen molar-refractivity contribution in [1.29, 1.82) is 0 Å². The molecule has 2 atom stereocenters. The molecule has 16 heavy (non-hydrogen) atoms. The van der Waals surface area contributed by atoms with Crippen molar-refractivity contribution in [1.82, 2.24) is 10.6 Å². The normalized spacial score (nSPS) is 25.8. The summed E-state index contributed by atoms with van der Waals surface area (Å²) in [6, 6.07) is 0.531. The predicted molar refractivity (Wildman–Crippen MR) is 67.3 cm³/mol. The summed E-state index contributed by atoms with van der Waals surface area (Å²) < 4.78 is 0. The summed E-state index contributed by atoms with van der Waals surface area (Å²) in [5.74, 6) is 0.917. The molecule has 0 saturated carbocycles. The van der Waals surface area contributed by atoms with E-state index in [4.69, 9.17) is 0 Å². The molecule has 1 rings (SSSR count). The third kappa shape index (κ3) is 4.97. The van der Waals surface area contributed by atoms with Gasteiger partial charge in [0.15, 0.2) is 0 Å². The SMILES string of the molecule is CC(C)CCCNC(=O)C1CCCC(C)N1. The highest BCUT2D eigenvalue weighted by Crippen LogP contribution is 2.12. The second-order valence-corrected chi connectivity index (χ2v) is 5.38. The predicted octanol–water partition coefficient (Wildman–Crippen LogP) is 2.07. The fourth-order valence-electron chi connectivity index (χ4n) is 2.19. The van der Waals surface area contributed by atoms with E-state index >= 15 is 0 Å². The number of piperidine rings is 1. The van der Waals surface area contributed by atoms with E-state index in [1.54, 1.807) is 0 Å². The van der Waals surface area contributed by atoms with Crippen LogP contribution in [-0.2, 0) is 4.79 Å². The topological polar surface area (TPSA) is 41.1 Å². The van der Waals surface area contributed by atoms with Crippen molar-refractivity contribution in [3.8, 4) is 0 Å². The lowest BCUT2D eigenvalue weighted by molar-refractivity contribution is -0.123. The Labute approximate surface area is 99.4 Å². The average molecular weight is 226 g/mol. The monoisotopic (exact) mass is 226 g/mol. The summed E-state index contributed by atoms with van der Waals surface area (Å²) in [5.41, 5.74) is 0.